The second-order valence-corrected chi connectivity index (χ2v) is 11.2. The number of ether oxygens (including phenoxy) is 2. The van der Waals surface area contributed by atoms with Gasteiger partial charge in [0.15, 0.2) is 0 Å². The molecular formula is C29H47ClFN5O6. The van der Waals surface area contributed by atoms with Gasteiger partial charge in [-0.3, -0.25) is 14.4 Å². The molecule has 3 amide bonds. The van der Waals surface area contributed by atoms with Gasteiger partial charge in [-0.15, -0.1) is 12.4 Å². The highest BCUT2D eigenvalue weighted by atomic mass is 35.5. The van der Waals surface area contributed by atoms with E-state index in [4.69, 9.17) is 15.2 Å². The van der Waals surface area contributed by atoms with Gasteiger partial charge in [-0.2, -0.15) is 0 Å². The second-order valence-electron chi connectivity index (χ2n) is 11.2. The van der Waals surface area contributed by atoms with Crippen molar-refractivity contribution in [3.05, 3.63) is 35.6 Å². The summed E-state index contributed by atoms with van der Waals surface area (Å²) in [5, 5.41) is 8.68. The fraction of sp³-hybridized carbons (Fsp3) is 0.655. The van der Waals surface area contributed by atoms with Gasteiger partial charge in [0.25, 0.3) is 0 Å². The van der Waals surface area contributed by atoms with E-state index in [1.54, 1.807) is 26.0 Å². The van der Waals surface area contributed by atoms with Crippen LogP contribution in [0.4, 0.5) is 4.39 Å². The first-order chi connectivity index (χ1) is 19.4. The van der Waals surface area contributed by atoms with Crippen LogP contribution in [-0.2, 0) is 35.1 Å². The third kappa shape index (κ3) is 11.5. The molecule has 0 spiro atoms. The topological polar surface area (TPSA) is 152 Å². The lowest BCUT2D eigenvalue weighted by Crippen LogP contribution is -2.60. The summed E-state index contributed by atoms with van der Waals surface area (Å²) < 4.78 is 23.8. The SMILES string of the molecule is CCOC(=O)[C@H](Cc1ccc(F)cc1)NC(=O)[C@@H]1CCCN1C(=O)[C@@H](NC(=O)[C@H](C)NCCOCCN)C(C)(C)C.Cl. The number of likely N-dealkylation sites (tertiary alicyclic amines) is 1. The van der Waals surface area contributed by atoms with Crippen molar-refractivity contribution in [3.63, 3.8) is 0 Å². The number of nitrogens with two attached hydrogens (primary N) is 1. The molecule has 0 aromatic heterocycles. The van der Waals surface area contributed by atoms with Crippen molar-refractivity contribution in [3.8, 4) is 0 Å². The van der Waals surface area contributed by atoms with Gasteiger partial charge in [0, 0.05) is 26.1 Å². The summed E-state index contributed by atoms with van der Waals surface area (Å²) in [4.78, 5) is 54.3. The van der Waals surface area contributed by atoms with E-state index in [1.807, 2.05) is 20.8 Å². The number of carbonyl (C=O) groups excluding carboxylic acids is 4. The predicted octanol–water partition coefficient (Wildman–Crippen LogP) is 1.31. The molecule has 0 saturated carbocycles. The average Bonchev–Trinajstić information content (AvgIpc) is 3.41. The summed E-state index contributed by atoms with van der Waals surface area (Å²) in [7, 11) is 0. The highest BCUT2D eigenvalue weighted by Gasteiger charge is 2.43. The summed E-state index contributed by atoms with van der Waals surface area (Å²) in [6.45, 7) is 11.1. The van der Waals surface area contributed by atoms with Crippen LogP contribution < -0.4 is 21.7 Å². The van der Waals surface area contributed by atoms with Crippen LogP contribution in [0, 0.1) is 11.2 Å². The molecule has 4 atom stereocenters. The summed E-state index contributed by atoms with van der Waals surface area (Å²) in [6.07, 6.45) is 1.11. The van der Waals surface area contributed by atoms with Gasteiger partial charge in [0.05, 0.1) is 25.9 Å². The number of esters is 1. The zero-order valence-corrected chi connectivity index (χ0v) is 26.1. The van der Waals surface area contributed by atoms with Crippen LogP contribution in [0.5, 0.6) is 0 Å². The maximum absolute atomic E-state index is 13.8. The Morgan fingerprint density at radius 1 is 1.12 bits per heavy atom. The lowest BCUT2D eigenvalue weighted by Gasteiger charge is -2.36. The number of nitrogens with zero attached hydrogens (tertiary/aromatic N) is 1. The van der Waals surface area contributed by atoms with Gasteiger partial charge in [0.2, 0.25) is 17.7 Å². The molecule has 238 valence electrons. The minimum Gasteiger partial charge on any atom is -0.464 e. The summed E-state index contributed by atoms with van der Waals surface area (Å²) >= 11 is 0. The zero-order valence-electron chi connectivity index (χ0n) is 25.2. The molecule has 1 aromatic rings. The number of carbonyl (C=O) groups is 4. The van der Waals surface area contributed by atoms with Gasteiger partial charge >= 0.3 is 5.97 Å². The van der Waals surface area contributed by atoms with E-state index in [0.717, 1.165) is 0 Å². The van der Waals surface area contributed by atoms with Crippen LogP contribution >= 0.6 is 12.4 Å². The maximum atomic E-state index is 13.8. The number of rotatable bonds is 15. The summed E-state index contributed by atoms with van der Waals surface area (Å²) in [5.74, 6) is -2.22. The summed E-state index contributed by atoms with van der Waals surface area (Å²) in [5.41, 5.74) is 5.41. The molecule has 5 N–H and O–H groups in total. The standard InChI is InChI=1S/C29H46FN5O6.ClH/c1-6-41-28(39)22(18-20-9-11-21(30)12-10-20)33-26(37)23-8-7-15-35(23)27(38)24(29(3,4)5)34-25(36)19(2)32-14-17-40-16-13-31;/h9-12,19,22-24,32H,6-8,13-18,31H2,1-5H3,(H,33,37)(H,34,36);1H/t19-,22-,23-,24+;/m0./s1. The van der Waals surface area contributed by atoms with E-state index in [9.17, 15) is 23.6 Å². The third-order valence-corrected chi connectivity index (χ3v) is 6.83. The van der Waals surface area contributed by atoms with Gasteiger partial charge in [-0.25, -0.2) is 9.18 Å². The molecule has 1 aliphatic heterocycles. The van der Waals surface area contributed by atoms with E-state index >= 15 is 0 Å². The van der Waals surface area contributed by atoms with E-state index < -0.39 is 47.3 Å². The fourth-order valence-electron chi connectivity index (χ4n) is 4.57. The molecule has 1 fully saturated rings. The van der Waals surface area contributed by atoms with Crippen LogP contribution in [0.2, 0.25) is 0 Å². The Bertz CT molecular complexity index is 1020. The van der Waals surface area contributed by atoms with E-state index in [-0.39, 0.29) is 37.2 Å². The Morgan fingerprint density at radius 2 is 1.79 bits per heavy atom. The average molecular weight is 616 g/mol. The molecule has 13 heteroatoms. The van der Waals surface area contributed by atoms with Crippen molar-refractivity contribution in [2.45, 2.75) is 78.0 Å². The maximum Gasteiger partial charge on any atom is 0.328 e. The lowest BCUT2D eigenvalue weighted by molar-refractivity contribution is -0.149. The Kier molecular flexibility index (Phi) is 15.9. The van der Waals surface area contributed by atoms with Gasteiger partial charge in [-0.05, 0) is 49.8 Å². The van der Waals surface area contributed by atoms with Gasteiger partial charge < -0.3 is 36.1 Å². The first-order valence-electron chi connectivity index (χ1n) is 14.2. The number of hydrogen-bond donors (Lipinski definition) is 4. The molecule has 11 nitrogen and oxygen atoms in total. The van der Waals surface area contributed by atoms with Crippen LogP contribution in [0.1, 0.15) is 53.0 Å². The largest absolute Gasteiger partial charge is 0.464 e. The highest BCUT2D eigenvalue weighted by Crippen LogP contribution is 2.26. The Hall–Kier alpha value is -2.80. The number of benzene rings is 1. The lowest BCUT2D eigenvalue weighted by atomic mass is 9.85. The van der Waals surface area contributed by atoms with Crippen molar-refractivity contribution >= 4 is 36.1 Å². The van der Waals surface area contributed by atoms with Crippen LogP contribution in [0.15, 0.2) is 24.3 Å². The van der Waals surface area contributed by atoms with Crippen molar-refractivity contribution < 1.29 is 33.0 Å². The van der Waals surface area contributed by atoms with Crippen molar-refractivity contribution in [1.82, 2.24) is 20.9 Å². The van der Waals surface area contributed by atoms with E-state index in [2.05, 4.69) is 16.0 Å². The molecule has 1 heterocycles. The van der Waals surface area contributed by atoms with E-state index in [1.165, 1.54) is 17.0 Å². The third-order valence-electron chi connectivity index (χ3n) is 6.83. The summed E-state index contributed by atoms with van der Waals surface area (Å²) in [6, 6.07) is 2.35. The fourth-order valence-corrected chi connectivity index (χ4v) is 4.57. The second kappa shape index (κ2) is 18.0. The molecule has 0 bridgehead atoms. The van der Waals surface area contributed by atoms with Crippen molar-refractivity contribution in [2.75, 3.05) is 39.5 Å². The molecule has 1 saturated heterocycles. The van der Waals surface area contributed by atoms with Crippen LogP contribution in [-0.4, -0.2) is 92.2 Å². The smallest absolute Gasteiger partial charge is 0.328 e. The van der Waals surface area contributed by atoms with Crippen molar-refractivity contribution in [2.24, 2.45) is 11.1 Å². The molecule has 42 heavy (non-hydrogen) atoms. The minimum atomic E-state index is -1.01. The van der Waals surface area contributed by atoms with Crippen molar-refractivity contribution in [1.29, 1.82) is 0 Å². The van der Waals surface area contributed by atoms with Crippen LogP contribution in [0.25, 0.3) is 0 Å². The van der Waals surface area contributed by atoms with E-state index in [0.29, 0.717) is 51.3 Å². The van der Waals surface area contributed by atoms with Crippen LogP contribution in [0.3, 0.4) is 0 Å². The number of halogens is 2. The molecule has 0 radical (unpaired) electrons. The molecule has 0 unspecified atom stereocenters. The van der Waals surface area contributed by atoms with Gasteiger partial charge in [-0.1, -0.05) is 32.9 Å². The highest BCUT2D eigenvalue weighted by molar-refractivity contribution is 5.95. The molecule has 0 aliphatic carbocycles. The zero-order chi connectivity index (χ0) is 30.6. The first kappa shape index (κ1) is 37.2. The molecule has 1 aromatic carbocycles. The minimum absolute atomic E-state index is 0. The number of amides is 3. The quantitative estimate of drug-likeness (QED) is 0.170. The molecule has 2 rings (SSSR count). The predicted molar refractivity (Wildman–Crippen MR) is 159 cm³/mol. The molecular weight excluding hydrogens is 569 g/mol. The monoisotopic (exact) mass is 615 g/mol. The Labute approximate surface area is 254 Å². The molecule has 1 aliphatic rings. The first-order valence-corrected chi connectivity index (χ1v) is 14.2. The Balaban J connectivity index is 0.00000882. The number of hydrogen-bond acceptors (Lipinski definition) is 8. The van der Waals surface area contributed by atoms with Gasteiger partial charge in [0.1, 0.15) is 23.9 Å². The Morgan fingerprint density at radius 3 is 2.38 bits per heavy atom. The number of nitrogens with one attached hydrogen (secondary N) is 3. The normalized spacial score (nSPS) is 17.0.